The van der Waals surface area contributed by atoms with Crippen molar-refractivity contribution >= 4 is 32.6 Å². The van der Waals surface area contributed by atoms with E-state index in [1.807, 2.05) is 114 Å². The van der Waals surface area contributed by atoms with E-state index in [-0.39, 0.29) is 0 Å². The molecular formula is C40H46O3SSn. The molecule has 5 rings (SSSR count). The predicted molar refractivity (Wildman–Crippen MR) is 194 cm³/mol. The zero-order valence-electron chi connectivity index (χ0n) is 27.0. The molecule has 0 N–H and O–H groups in total. The summed E-state index contributed by atoms with van der Waals surface area (Å²) in [5.74, 6) is 4.44. The second-order valence-electron chi connectivity index (χ2n) is 11.8. The van der Waals surface area contributed by atoms with Crippen LogP contribution in [0.5, 0.6) is 34.5 Å². The number of thiophene rings is 1. The predicted octanol–water partition coefficient (Wildman–Crippen LogP) is 12.8. The van der Waals surface area contributed by atoms with Gasteiger partial charge in [-0.3, -0.25) is 0 Å². The van der Waals surface area contributed by atoms with Crippen LogP contribution in [0.4, 0.5) is 0 Å². The summed E-state index contributed by atoms with van der Waals surface area (Å²) < 4.78 is 25.7. The van der Waals surface area contributed by atoms with E-state index >= 15 is 0 Å². The van der Waals surface area contributed by atoms with Crippen LogP contribution in [0.25, 0.3) is 10.4 Å². The Kier molecular flexibility index (Phi) is 12.5. The molecule has 1 heterocycles. The molecule has 5 heteroatoms. The molecule has 1 aromatic heterocycles. The standard InChI is InChI=1S/C28H19O3S.3C4H9.Sn/c1-4-11-21(12-5-1)29-24-19-25(30-22-13-6-2-7-14-22)28(27-17-10-18-32-27)26(20-24)31-23-15-8-3-9-16-23;3*1-3-4-2;/h1-17,19-20H;3*1,3-4H2,2H3;. The van der Waals surface area contributed by atoms with E-state index in [4.69, 9.17) is 14.2 Å². The Balaban J connectivity index is 1.66. The van der Waals surface area contributed by atoms with Crippen molar-refractivity contribution in [1.82, 2.24) is 0 Å². The summed E-state index contributed by atoms with van der Waals surface area (Å²) in [6.45, 7) is 7.03. The first-order valence-electron chi connectivity index (χ1n) is 16.6. The first-order valence-corrected chi connectivity index (χ1v) is 24.9. The van der Waals surface area contributed by atoms with Gasteiger partial charge in [-0.2, -0.15) is 0 Å². The van der Waals surface area contributed by atoms with Crippen molar-refractivity contribution < 1.29 is 14.2 Å². The Morgan fingerprint density at radius 3 is 1.33 bits per heavy atom. The molecule has 3 nitrogen and oxygen atoms in total. The number of hydrogen-bond acceptors (Lipinski definition) is 4. The summed E-state index contributed by atoms with van der Waals surface area (Å²) in [7, 11) is 0. The van der Waals surface area contributed by atoms with Crippen LogP contribution in [-0.2, 0) is 0 Å². The van der Waals surface area contributed by atoms with E-state index in [2.05, 4.69) is 32.9 Å². The minimum atomic E-state index is -2.64. The number of ether oxygens (including phenoxy) is 3. The maximum absolute atomic E-state index is 6.67. The summed E-state index contributed by atoms with van der Waals surface area (Å²) in [6, 6.07) is 38.7. The fourth-order valence-corrected chi connectivity index (χ4v) is 26.1. The third-order valence-corrected chi connectivity index (χ3v) is 27.7. The zero-order valence-corrected chi connectivity index (χ0v) is 30.6. The van der Waals surface area contributed by atoms with Crippen molar-refractivity contribution in [2.45, 2.75) is 72.6 Å². The maximum atomic E-state index is 6.67. The van der Waals surface area contributed by atoms with Gasteiger partial charge < -0.3 is 0 Å². The van der Waals surface area contributed by atoms with Crippen molar-refractivity contribution in [2.24, 2.45) is 0 Å². The van der Waals surface area contributed by atoms with E-state index in [1.54, 1.807) is 2.89 Å². The van der Waals surface area contributed by atoms with E-state index in [9.17, 15) is 0 Å². The van der Waals surface area contributed by atoms with Crippen LogP contribution in [-0.4, -0.2) is 18.4 Å². The summed E-state index contributed by atoms with van der Waals surface area (Å²) in [5, 5.41) is 0. The van der Waals surface area contributed by atoms with Crippen LogP contribution in [0.1, 0.15) is 59.3 Å². The van der Waals surface area contributed by atoms with Crippen molar-refractivity contribution in [3.8, 4) is 44.9 Å². The first-order chi connectivity index (χ1) is 22.1. The molecule has 0 bridgehead atoms. The van der Waals surface area contributed by atoms with Crippen LogP contribution in [0.15, 0.2) is 115 Å². The normalized spacial score (nSPS) is 11.4. The Labute approximate surface area is 278 Å². The molecule has 0 fully saturated rings. The molecule has 0 aliphatic carbocycles. The van der Waals surface area contributed by atoms with Gasteiger partial charge in [-0.05, 0) is 0 Å². The Hall–Kier alpha value is -3.22. The second-order valence-corrected chi connectivity index (χ2v) is 27.0. The molecule has 0 aliphatic rings. The van der Waals surface area contributed by atoms with Crippen molar-refractivity contribution in [1.29, 1.82) is 0 Å². The number of para-hydroxylation sites is 3. The van der Waals surface area contributed by atoms with Gasteiger partial charge in [-0.1, -0.05) is 0 Å². The Bertz CT molecular complexity index is 1500. The number of benzene rings is 4. The van der Waals surface area contributed by atoms with Gasteiger partial charge in [0.25, 0.3) is 0 Å². The molecule has 4 aromatic carbocycles. The first kappa shape index (κ1) is 33.2. The van der Waals surface area contributed by atoms with Gasteiger partial charge in [0.15, 0.2) is 0 Å². The monoisotopic (exact) mass is 726 g/mol. The molecule has 0 unspecified atom stereocenters. The summed E-state index contributed by atoms with van der Waals surface area (Å²) >= 11 is -0.644. The summed E-state index contributed by atoms with van der Waals surface area (Å²) in [6.07, 6.45) is 7.82. The molecule has 5 aromatic rings. The van der Waals surface area contributed by atoms with Crippen LogP contribution in [0.2, 0.25) is 13.3 Å². The molecule has 45 heavy (non-hydrogen) atoms. The topological polar surface area (TPSA) is 27.7 Å². The fraction of sp³-hybridized carbons (Fsp3) is 0.300. The average molecular weight is 726 g/mol. The van der Waals surface area contributed by atoms with E-state index in [0.717, 1.165) is 34.3 Å². The molecule has 0 atom stereocenters. The second kappa shape index (κ2) is 16.9. The van der Waals surface area contributed by atoms with Crippen molar-refractivity contribution in [3.05, 3.63) is 115 Å². The number of unbranched alkanes of at least 4 members (excludes halogenated alkanes) is 3. The molecule has 0 saturated carbocycles. The van der Waals surface area contributed by atoms with Crippen LogP contribution >= 0.6 is 11.3 Å². The molecule has 234 valence electrons. The Morgan fingerprint density at radius 2 is 0.911 bits per heavy atom. The van der Waals surface area contributed by atoms with E-state index in [0.29, 0.717) is 5.75 Å². The van der Waals surface area contributed by atoms with E-state index in [1.165, 1.54) is 56.7 Å². The summed E-state index contributed by atoms with van der Waals surface area (Å²) in [4.78, 5) is 1.19. The molecule has 0 saturated heterocycles. The van der Waals surface area contributed by atoms with Gasteiger partial charge in [-0.15, -0.1) is 0 Å². The van der Waals surface area contributed by atoms with Crippen molar-refractivity contribution in [2.75, 3.05) is 0 Å². The van der Waals surface area contributed by atoms with Crippen LogP contribution < -0.4 is 17.1 Å². The van der Waals surface area contributed by atoms with Gasteiger partial charge in [0.05, 0.1) is 0 Å². The van der Waals surface area contributed by atoms with Crippen molar-refractivity contribution in [3.63, 3.8) is 0 Å². The SMILES string of the molecule is CCC[CH2][Sn]([CH2]CCC)([CH2]CCC)[c]1ccc(-c2c(Oc3ccccc3)cc(Oc3ccccc3)cc2Oc2ccccc2)s1. The quantitative estimate of drug-likeness (QED) is 0.0894. The molecular weight excluding hydrogens is 679 g/mol. The van der Waals surface area contributed by atoms with Gasteiger partial charge in [0.2, 0.25) is 0 Å². The fourth-order valence-electron chi connectivity index (χ4n) is 5.93. The molecule has 0 amide bonds. The van der Waals surface area contributed by atoms with E-state index < -0.39 is 18.4 Å². The number of rotatable bonds is 17. The zero-order chi connectivity index (χ0) is 31.3. The third kappa shape index (κ3) is 8.95. The number of hydrogen-bond donors (Lipinski definition) is 0. The molecule has 0 aliphatic heterocycles. The Morgan fingerprint density at radius 1 is 0.489 bits per heavy atom. The average Bonchev–Trinajstić information content (AvgIpc) is 3.56. The summed E-state index contributed by atoms with van der Waals surface area (Å²) in [5.41, 5.74) is 0.973. The molecule has 0 spiro atoms. The third-order valence-electron chi connectivity index (χ3n) is 8.36. The van der Waals surface area contributed by atoms with Gasteiger partial charge in [0.1, 0.15) is 0 Å². The van der Waals surface area contributed by atoms with Gasteiger partial charge >= 0.3 is 280 Å². The van der Waals surface area contributed by atoms with Crippen LogP contribution in [0.3, 0.4) is 0 Å². The molecule has 0 radical (unpaired) electrons. The van der Waals surface area contributed by atoms with Gasteiger partial charge in [-0.25, -0.2) is 0 Å². The minimum absolute atomic E-state index is 0.668. The van der Waals surface area contributed by atoms with Crippen LogP contribution in [0, 0.1) is 0 Å². The van der Waals surface area contributed by atoms with Gasteiger partial charge in [0, 0.05) is 0 Å².